The fraction of sp³-hybridized carbons (Fsp3) is 0.320. The highest BCUT2D eigenvalue weighted by Gasteiger charge is 2.20. The van der Waals surface area contributed by atoms with Crippen molar-refractivity contribution in [2.24, 2.45) is 5.92 Å². The molecule has 1 saturated heterocycles. The minimum absolute atomic E-state index is 0.627. The zero-order valence-corrected chi connectivity index (χ0v) is 16.2. The summed E-state index contributed by atoms with van der Waals surface area (Å²) in [5, 5.41) is 11.6. The third kappa shape index (κ3) is 4.59. The number of hydrogen-bond acceptors (Lipinski definition) is 3. The first-order valence-electron chi connectivity index (χ1n) is 10.1. The molecule has 3 aromatic carbocycles. The van der Waals surface area contributed by atoms with Gasteiger partial charge in [-0.2, -0.15) is 5.26 Å². The Bertz CT molecular complexity index is 945. The molecule has 4 rings (SSSR count). The van der Waals surface area contributed by atoms with Gasteiger partial charge in [0.15, 0.2) is 0 Å². The molecule has 0 bridgehead atoms. The van der Waals surface area contributed by atoms with Crippen LogP contribution in [0, 0.1) is 17.2 Å². The molecule has 0 atom stereocenters. The maximum absolute atomic E-state index is 8.86. The predicted octanol–water partition coefficient (Wildman–Crippen LogP) is 5.14. The molecule has 1 fully saturated rings. The molecular formula is C25H26N2O. The second-order valence-electron chi connectivity index (χ2n) is 7.68. The van der Waals surface area contributed by atoms with E-state index in [-0.39, 0.29) is 0 Å². The van der Waals surface area contributed by atoms with Gasteiger partial charge >= 0.3 is 0 Å². The van der Waals surface area contributed by atoms with Crippen molar-refractivity contribution in [3.63, 3.8) is 0 Å². The highest BCUT2D eigenvalue weighted by Crippen LogP contribution is 2.23. The van der Waals surface area contributed by atoms with Crippen LogP contribution in [0.15, 0.2) is 66.7 Å². The third-order valence-electron chi connectivity index (χ3n) is 5.69. The van der Waals surface area contributed by atoms with E-state index in [1.165, 1.54) is 29.2 Å². The van der Waals surface area contributed by atoms with Crippen LogP contribution in [0.5, 0.6) is 0 Å². The quantitative estimate of drug-likeness (QED) is 0.603. The number of hydrogen-bond donors (Lipinski definition) is 0. The van der Waals surface area contributed by atoms with Gasteiger partial charge < -0.3 is 4.74 Å². The SMILES string of the molecule is N#Cc1ccc(COCC2CCN(Cc3cccc4ccccc34)CC2)cc1. The van der Waals surface area contributed by atoms with Crippen LogP contribution in [-0.2, 0) is 17.9 Å². The Labute approximate surface area is 167 Å². The second-order valence-corrected chi connectivity index (χ2v) is 7.68. The summed E-state index contributed by atoms with van der Waals surface area (Å²) in [6.45, 7) is 4.74. The molecule has 0 aliphatic carbocycles. The van der Waals surface area contributed by atoms with Crippen LogP contribution >= 0.6 is 0 Å². The van der Waals surface area contributed by atoms with E-state index >= 15 is 0 Å². The molecule has 1 aliphatic heterocycles. The van der Waals surface area contributed by atoms with Gasteiger partial charge in [-0.25, -0.2) is 0 Å². The smallest absolute Gasteiger partial charge is 0.0991 e. The first-order chi connectivity index (χ1) is 13.8. The van der Waals surface area contributed by atoms with Crippen LogP contribution in [0.4, 0.5) is 0 Å². The lowest BCUT2D eigenvalue weighted by Crippen LogP contribution is -2.34. The fourth-order valence-corrected chi connectivity index (χ4v) is 4.00. The maximum atomic E-state index is 8.86. The molecule has 0 amide bonds. The number of likely N-dealkylation sites (tertiary alicyclic amines) is 1. The summed E-state index contributed by atoms with van der Waals surface area (Å²) in [6.07, 6.45) is 2.39. The Balaban J connectivity index is 1.24. The number of piperidine rings is 1. The summed E-state index contributed by atoms with van der Waals surface area (Å²) in [6, 6.07) is 25.1. The zero-order valence-electron chi connectivity index (χ0n) is 16.2. The first-order valence-corrected chi connectivity index (χ1v) is 10.1. The van der Waals surface area contributed by atoms with E-state index in [0.29, 0.717) is 18.1 Å². The fourth-order valence-electron chi connectivity index (χ4n) is 4.00. The normalized spacial score (nSPS) is 15.5. The molecule has 0 aromatic heterocycles. The number of ether oxygens (including phenoxy) is 1. The van der Waals surface area contributed by atoms with Gasteiger partial charge in [0.05, 0.1) is 18.2 Å². The van der Waals surface area contributed by atoms with Crippen molar-refractivity contribution in [3.8, 4) is 6.07 Å². The minimum Gasteiger partial charge on any atom is -0.376 e. The molecule has 3 nitrogen and oxygen atoms in total. The van der Waals surface area contributed by atoms with E-state index in [0.717, 1.165) is 31.8 Å². The van der Waals surface area contributed by atoms with E-state index in [9.17, 15) is 0 Å². The number of benzene rings is 3. The monoisotopic (exact) mass is 370 g/mol. The molecule has 0 unspecified atom stereocenters. The largest absolute Gasteiger partial charge is 0.376 e. The van der Waals surface area contributed by atoms with Crippen molar-refractivity contribution < 1.29 is 4.74 Å². The van der Waals surface area contributed by atoms with Gasteiger partial charge in [-0.15, -0.1) is 0 Å². The topological polar surface area (TPSA) is 36.3 Å². The van der Waals surface area contributed by atoms with E-state index in [1.54, 1.807) is 0 Å². The van der Waals surface area contributed by atoms with Crippen molar-refractivity contribution in [1.82, 2.24) is 4.90 Å². The Kier molecular flexibility index (Phi) is 6.01. The maximum Gasteiger partial charge on any atom is 0.0991 e. The number of fused-ring (bicyclic) bond motifs is 1. The van der Waals surface area contributed by atoms with Crippen LogP contribution in [0.2, 0.25) is 0 Å². The highest BCUT2D eigenvalue weighted by molar-refractivity contribution is 5.85. The average molecular weight is 370 g/mol. The number of nitrogens with zero attached hydrogens (tertiary/aromatic N) is 2. The van der Waals surface area contributed by atoms with Gasteiger partial charge in [0.2, 0.25) is 0 Å². The van der Waals surface area contributed by atoms with Crippen molar-refractivity contribution in [3.05, 3.63) is 83.4 Å². The second kappa shape index (κ2) is 9.01. The van der Waals surface area contributed by atoms with E-state index in [1.807, 2.05) is 24.3 Å². The highest BCUT2D eigenvalue weighted by atomic mass is 16.5. The van der Waals surface area contributed by atoms with Crippen LogP contribution in [0.3, 0.4) is 0 Å². The van der Waals surface area contributed by atoms with Crippen LogP contribution < -0.4 is 0 Å². The Morgan fingerprint density at radius 1 is 0.929 bits per heavy atom. The van der Waals surface area contributed by atoms with Crippen LogP contribution in [0.25, 0.3) is 10.8 Å². The van der Waals surface area contributed by atoms with Crippen molar-refractivity contribution >= 4 is 10.8 Å². The molecule has 142 valence electrons. The standard InChI is InChI=1S/C25H26N2O/c26-16-20-8-10-21(11-9-20)18-28-19-22-12-14-27(15-13-22)17-24-6-3-5-23-4-1-2-7-25(23)24/h1-11,22H,12-15,17-19H2. The molecule has 0 saturated carbocycles. The molecule has 1 aliphatic rings. The van der Waals surface area contributed by atoms with Crippen LogP contribution in [-0.4, -0.2) is 24.6 Å². The molecular weight excluding hydrogens is 344 g/mol. The van der Waals surface area contributed by atoms with E-state index < -0.39 is 0 Å². The van der Waals surface area contributed by atoms with Gasteiger partial charge in [-0.1, -0.05) is 54.6 Å². The van der Waals surface area contributed by atoms with Gasteiger partial charge in [-0.05, 0) is 65.9 Å². The summed E-state index contributed by atoms with van der Waals surface area (Å²) in [5.74, 6) is 0.641. The third-order valence-corrected chi connectivity index (χ3v) is 5.69. The molecule has 0 radical (unpaired) electrons. The first kappa shape index (κ1) is 18.7. The number of nitriles is 1. The number of rotatable bonds is 6. The van der Waals surface area contributed by atoms with Crippen molar-refractivity contribution in [2.75, 3.05) is 19.7 Å². The Morgan fingerprint density at radius 2 is 1.68 bits per heavy atom. The lowest BCUT2D eigenvalue weighted by atomic mass is 9.96. The Morgan fingerprint density at radius 3 is 2.46 bits per heavy atom. The van der Waals surface area contributed by atoms with Gasteiger partial charge in [0.25, 0.3) is 0 Å². The molecule has 3 heteroatoms. The lowest BCUT2D eigenvalue weighted by molar-refractivity contribution is 0.0563. The van der Waals surface area contributed by atoms with E-state index in [2.05, 4.69) is 53.4 Å². The molecule has 1 heterocycles. The van der Waals surface area contributed by atoms with Gasteiger partial charge in [-0.3, -0.25) is 4.90 Å². The summed E-state index contributed by atoms with van der Waals surface area (Å²) in [5.41, 5.74) is 3.25. The van der Waals surface area contributed by atoms with E-state index in [4.69, 9.17) is 10.00 Å². The Hall–Kier alpha value is -2.67. The van der Waals surface area contributed by atoms with Gasteiger partial charge in [0, 0.05) is 13.2 Å². The summed E-state index contributed by atoms with van der Waals surface area (Å²) >= 11 is 0. The molecule has 0 spiro atoms. The summed E-state index contributed by atoms with van der Waals surface area (Å²) in [4.78, 5) is 2.57. The summed E-state index contributed by atoms with van der Waals surface area (Å²) in [7, 11) is 0. The van der Waals surface area contributed by atoms with Crippen molar-refractivity contribution in [2.45, 2.75) is 26.0 Å². The average Bonchev–Trinajstić information content (AvgIpc) is 2.76. The van der Waals surface area contributed by atoms with Crippen LogP contribution in [0.1, 0.15) is 29.5 Å². The van der Waals surface area contributed by atoms with Crippen molar-refractivity contribution in [1.29, 1.82) is 5.26 Å². The molecule has 28 heavy (non-hydrogen) atoms. The predicted molar refractivity (Wildman–Crippen MR) is 113 cm³/mol. The lowest BCUT2D eigenvalue weighted by Gasteiger charge is -2.32. The molecule has 3 aromatic rings. The molecule has 0 N–H and O–H groups in total. The summed E-state index contributed by atoms with van der Waals surface area (Å²) < 4.78 is 5.94. The minimum atomic E-state index is 0.627. The van der Waals surface area contributed by atoms with Gasteiger partial charge in [0.1, 0.15) is 0 Å². The zero-order chi connectivity index (χ0) is 19.2.